The second kappa shape index (κ2) is 8.22. The van der Waals surface area contributed by atoms with Gasteiger partial charge < -0.3 is 15.1 Å². The van der Waals surface area contributed by atoms with Crippen LogP contribution in [0.3, 0.4) is 0 Å². The maximum absolute atomic E-state index is 13.7. The second-order valence-corrected chi connectivity index (χ2v) is 6.62. The minimum absolute atomic E-state index is 0.0145. The number of hydrogen-bond donors (Lipinski definition) is 1. The molecule has 6 nitrogen and oxygen atoms in total. The van der Waals surface area contributed by atoms with Gasteiger partial charge in [-0.15, -0.1) is 0 Å². The number of hydrogen-bond acceptors (Lipinski definition) is 5. The molecule has 1 aliphatic heterocycles. The van der Waals surface area contributed by atoms with Crippen molar-refractivity contribution in [3.05, 3.63) is 78.3 Å². The molecule has 148 valence electrons. The number of halogens is 2. The number of nitrogens with one attached hydrogen (secondary N) is 1. The molecule has 1 aliphatic rings. The van der Waals surface area contributed by atoms with E-state index in [-0.39, 0.29) is 5.69 Å². The minimum atomic E-state index is -0.848. The monoisotopic (exact) mass is 395 g/mol. The van der Waals surface area contributed by atoms with E-state index in [1.807, 2.05) is 18.2 Å². The van der Waals surface area contributed by atoms with E-state index in [1.165, 1.54) is 24.1 Å². The zero-order chi connectivity index (χ0) is 20.2. The number of nitrogens with zero attached hydrogens (tertiary/aromatic N) is 4. The maximum atomic E-state index is 13.7. The molecule has 0 unspecified atom stereocenters. The van der Waals surface area contributed by atoms with Crippen LogP contribution in [0.4, 0.5) is 26.0 Å². The predicted octanol–water partition coefficient (Wildman–Crippen LogP) is 3.33. The number of carbonyl (C=O) groups is 1. The molecule has 0 saturated carbocycles. The Hall–Kier alpha value is -3.55. The highest BCUT2D eigenvalue weighted by Crippen LogP contribution is 2.20. The molecule has 1 fully saturated rings. The first kappa shape index (κ1) is 18.8. The summed E-state index contributed by atoms with van der Waals surface area (Å²) < 4.78 is 27.4. The van der Waals surface area contributed by atoms with Crippen molar-refractivity contribution in [3.63, 3.8) is 0 Å². The number of benzene rings is 2. The normalized spacial score (nSPS) is 14.0. The topological polar surface area (TPSA) is 61.4 Å². The Morgan fingerprint density at radius 2 is 1.48 bits per heavy atom. The smallest absolute Gasteiger partial charge is 0.276 e. The molecular formula is C21H19F2N5O. The van der Waals surface area contributed by atoms with Crippen LogP contribution in [0.5, 0.6) is 0 Å². The van der Waals surface area contributed by atoms with Crippen LogP contribution in [0.2, 0.25) is 0 Å². The van der Waals surface area contributed by atoms with E-state index in [1.54, 1.807) is 0 Å². The molecule has 2 aromatic carbocycles. The molecule has 0 atom stereocenters. The van der Waals surface area contributed by atoms with Crippen molar-refractivity contribution in [2.45, 2.75) is 0 Å². The van der Waals surface area contributed by atoms with Gasteiger partial charge in [0.25, 0.3) is 5.91 Å². The minimum Gasteiger partial charge on any atom is -0.368 e. The summed E-state index contributed by atoms with van der Waals surface area (Å²) in [6.07, 6.45) is 2.82. The fraction of sp³-hybridized carbons (Fsp3) is 0.190. The van der Waals surface area contributed by atoms with E-state index in [9.17, 15) is 13.6 Å². The van der Waals surface area contributed by atoms with Gasteiger partial charge in [-0.25, -0.2) is 18.7 Å². The van der Waals surface area contributed by atoms with E-state index in [4.69, 9.17) is 0 Å². The van der Waals surface area contributed by atoms with Crippen LogP contribution in [0.1, 0.15) is 10.5 Å². The van der Waals surface area contributed by atoms with Crippen LogP contribution in [-0.2, 0) is 0 Å². The Bertz CT molecular complexity index is 969. The van der Waals surface area contributed by atoms with Crippen molar-refractivity contribution in [1.29, 1.82) is 0 Å². The Labute approximate surface area is 166 Å². The zero-order valence-corrected chi connectivity index (χ0v) is 15.6. The van der Waals surface area contributed by atoms with Crippen LogP contribution in [0, 0.1) is 11.6 Å². The number of para-hydroxylation sites is 2. The Kier molecular flexibility index (Phi) is 5.33. The van der Waals surface area contributed by atoms with E-state index < -0.39 is 23.2 Å². The highest BCUT2D eigenvalue weighted by Gasteiger charge is 2.20. The van der Waals surface area contributed by atoms with Crippen molar-refractivity contribution < 1.29 is 13.6 Å². The van der Waals surface area contributed by atoms with Gasteiger partial charge in [-0.05, 0) is 24.3 Å². The lowest BCUT2D eigenvalue weighted by Crippen LogP contribution is -2.46. The van der Waals surface area contributed by atoms with Crippen molar-refractivity contribution >= 4 is 23.1 Å². The van der Waals surface area contributed by atoms with Gasteiger partial charge >= 0.3 is 0 Å². The Balaban J connectivity index is 1.39. The SMILES string of the molecule is O=C(Nc1c(F)cccc1F)c1cnc(N2CCN(c3ccccc3)CC2)cn1. The lowest BCUT2D eigenvalue weighted by atomic mass is 10.2. The first-order chi connectivity index (χ1) is 14.1. The quantitative estimate of drug-likeness (QED) is 0.734. The average molecular weight is 395 g/mol. The predicted molar refractivity (Wildman–Crippen MR) is 107 cm³/mol. The number of anilines is 3. The third-order valence-corrected chi connectivity index (χ3v) is 4.80. The van der Waals surface area contributed by atoms with E-state index in [0.29, 0.717) is 5.82 Å². The molecule has 0 spiro atoms. The van der Waals surface area contributed by atoms with E-state index in [0.717, 1.165) is 38.3 Å². The molecule has 1 saturated heterocycles. The summed E-state index contributed by atoms with van der Waals surface area (Å²) in [5, 5.41) is 2.21. The summed E-state index contributed by atoms with van der Waals surface area (Å²) >= 11 is 0. The van der Waals surface area contributed by atoms with Gasteiger partial charge in [0, 0.05) is 31.9 Å². The lowest BCUT2D eigenvalue weighted by Gasteiger charge is -2.36. The highest BCUT2D eigenvalue weighted by molar-refractivity contribution is 6.02. The van der Waals surface area contributed by atoms with Crippen LogP contribution in [0.15, 0.2) is 60.9 Å². The maximum Gasteiger partial charge on any atom is 0.276 e. The van der Waals surface area contributed by atoms with Crippen molar-refractivity contribution in [2.75, 3.05) is 41.3 Å². The van der Waals surface area contributed by atoms with Gasteiger partial charge in [0.1, 0.15) is 28.8 Å². The Morgan fingerprint density at radius 3 is 2.10 bits per heavy atom. The number of amides is 1. The fourth-order valence-corrected chi connectivity index (χ4v) is 3.23. The standard InChI is InChI=1S/C21H19F2N5O/c22-16-7-4-8-17(23)20(16)26-21(29)18-13-25-19(14-24-18)28-11-9-27(10-12-28)15-5-2-1-3-6-15/h1-8,13-14H,9-12H2,(H,26,29). The molecule has 4 rings (SSSR count). The molecule has 0 aliphatic carbocycles. The molecule has 1 amide bonds. The van der Waals surface area contributed by atoms with Crippen LogP contribution < -0.4 is 15.1 Å². The summed E-state index contributed by atoms with van der Waals surface area (Å²) in [5.41, 5.74) is 0.672. The molecule has 3 aromatic rings. The van der Waals surface area contributed by atoms with Gasteiger partial charge in [0.2, 0.25) is 0 Å². The second-order valence-electron chi connectivity index (χ2n) is 6.62. The first-order valence-electron chi connectivity index (χ1n) is 9.24. The van der Waals surface area contributed by atoms with E-state index in [2.05, 4.69) is 37.2 Å². The van der Waals surface area contributed by atoms with Crippen LogP contribution in [-0.4, -0.2) is 42.1 Å². The average Bonchev–Trinajstić information content (AvgIpc) is 2.77. The van der Waals surface area contributed by atoms with Gasteiger partial charge in [-0.3, -0.25) is 4.79 Å². The summed E-state index contributed by atoms with van der Waals surface area (Å²) in [7, 11) is 0. The summed E-state index contributed by atoms with van der Waals surface area (Å²) in [6, 6.07) is 13.6. The molecule has 0 radical (unpaired) electrons. The first-order valence-corrected chi connectivity index (χ1v) is 9.24. The molecule has 1 aromatic heterocycles. The zero-order valence-electron chi connectivity index (χ0n) is 15.6. The van der Waals surface area contributed by atoms with Gasteiger partial charge in [-0.1, -0.05) is 24.3 Å². The van der Waals surface area contributed by atoms with E-state index >= 15 is 0 Å². The molecule has 8 heteroatoms. The third-order valence-electron chi connectivity index (χ3n) is 4.80. The number of piperazine rings is 1. The van der Waals surface area contributed by atoms with Gasteiger partial charge in [0.15, 0.2) is 0 Å². The van der Waals surface area contributed by atoms with Crippen LogP contribution in [0.25, 0.3) is 0 Å². The number of carbonyl (C=O) groups excluding carboxylic acids is 1. The van der Waals surface area contributed by atoms with Crippen LogP contribution >= 0.6 is 0 Å². The van der Waals surface area contributed by atoms with Gasteiger partial charge in [0.05, 0.1) is 12.4 Å². The van der Waals surface area contributed by atoms with Crippen molar-refractivity contribution in [2.24, 2.45) is 0 Å². The fourth-order valence-electron chi connectivity index (χ4n) is 3.23. The highest BCUT2D eigenvalue weighted by atomic mass is 19.1. The Morgan fingerprint density at radius 1 is 0.828 bits per heavy atom. The molecular weight excluding hydrogens is 376 g/mol. The third kappa shape index (κ3) is 4.16. The number of aromatic nitrogens is 2. The molecule has 29 heavy (non-hydrogen) atoms. The molecule has 0 bridgehead atoms. The van der Waals surface area contributed by atoms with Crippen molar-refractivity contribution in [3.8, 4) is 0 Å². The molecule has 2 heterocycles. The summed E-state index contributed by atoms with van der Waals surface area (Å²) in [6.45, 7) is 3.24. The summed E-state index contributed by atoms with van der Waals surface area (Å²) in [4.78, 5) is 25.0. The summed E-state index contributed by atoms with van der Waals surface area (Å²) in [5.74, 6) is -1.76. The largest absolute Gasteiger partial charge is 0.368 e. The van der Waals surface area contributed by atoms with Crippen molar-refractivity contribution in [1.82, 2.24) is 9.97 Å². The lowest BCUT2D eigenvalue weighted by molar-refractivity contribution is 0.102. The molecule has 1 N–H and O–H groups in total. The van der Waals surface area contributed by atoms with Gasteiger partial charge in [-0.2, -0.15) is 0 Å². The number of rotatable bonds is 4.